The predicted octanol–water partition coefficient (Wildman–Crippen LogP) is 5.08. The van der Waals surface area contributed by atoms with Gasteiger partial charge in [0.05, 0.1) is 5.56 Å². The lowest BCUT2D eigenvalue weighted by atomic mass is 10.0. The molecular formula is C25H25NO3. The number of rotatable bonds is 9. The fourth-order valence-electron chi connectivity index (χ4n) is 3.17. The Balaban J connectivity index is 1.41. The third-order valence-electron chi connectivity index (χ3n) is 4.87. The summed E-state index contributed by atoms with van der Waals surface area (Å²) in [5, 5.41) is 11.9. The topological polar surface area (TPSA) is 66.4 Å². The van der Waals surface area contributed by atoms with Crippen LogP contribution in [0.2, 0.25) is 0 Å². The largest absolute Gasteiger partial charge is 0.478 e. The van der Waals surface area contributed by atoms with Crippen LogP contribution in [0.4, 0.5) is 0 Å². The van der Waals surface area contributed by atoms with E-state index in [1.165, 1.54) is 5.56 Å². The number of carbonyl (C=O) groups excluding carboxylic acids is 1. The van der Waals surface area contributed by atoms with Crippen molar-refractivity contribution >= 4 is 11.9 Å². The summed E-state index contributed by atoms with van der Waals surface area (Å²) in [6, 6.07) is 25.1. The maximum atomic E-state index is 12.0. The van der Waals surface area contributed by atoms with Crippen LogP contribution >= 0.6 is 0 Å². The number of carboxylic acids is 1. The van der Waals surface area contributed by atoms with E-state index in [-0.39, 0.29) is 11.5 Å². The second-order valence-corrected chi connectivity index (χ2v) is 7.05. The average Bonchev–Trinajstić information content (AvgIpc) is 2.76. The molecule has 0 aromatic heterocycles. The lowest BCUT2D eigenvalue weighted by Gasteiger charge is -2.07. The summed E-state index contributed by atoms with van der Waals surface area (Å²) in [5.41, 5.74) is 4.60. The summed E-state index contributed by atoms with van der Waals surface area (Å²) in [6.45, 7) is 0.510. The first kappa shape index (κ1) is 20.3. The molecule has 0 aliphatic heterocycles. The first-order valence-electron chi connectivity index (χ1n) is 9.85. The van der Waals surface area contributed by atoms with E-state index in [1.54, 1.807) is 24.3 Å². The van der Waals surface area contributed by atoms with Gasteiger partial charge in [0.25, 0.3) is 0 Å². The first-order valence-corrected chi connectivity index (χ1v) is 9.85. The van der Waals surface area contributed by atoms with Crippen LogP contribution < -0.4 is 5.32 Å². The average molecular weight is 387 g/mol. The zero-order chi connectivity index (χ0) is 20.5. The number of hydrogen-bond acceptors (Lipinski definition) is 2. The second-order valence-electron chi connectivity index (χ2n) is 7.05. The molecule has 0 radical (unpaired) electrons. The first-order chi connectivity index (χ1) is 14.1. The van der Waals surface area contributed by atoms with E-state index in [2.05, 4.69) is 17.4 Å². The minimum absolute atomic E-state index is 0.0754. The molecule has 0 atom stereocenters. The number of unbranched alkanes of at least 4 members (excludes halogenated alkanes) is 1. The van der Waals surface area contributed by atoms with Gasteiger partial charge >= 0.3 is 5.97 Å². The number of aromatic carboxylic acids is 1. The van der Waals surface area contributed by atoms with Gasteiger partial charge in [0.2, 0.25) is 5.91 Å². The molecule has 148 valence electrons. The Hall–Kier alpha value is -3.40. The molecule has 3 aromatic rings. The van der Waals surface area contributed by atoms with Crippen LogP contribution in [0.15, 0.2) is 78.9 Å². The third-order valence-corrected chi connectivity index (χ3v) is 4.87. The summed E-state index contributed by atoms with van der Waals surface area (Å²) in [5.74, 6) is -0.853. The summed E-state index contributed by atoms with van der Waals surface area (Å²) < 4.78 is 0. The Bertz CT molecular complexity index is 932. The summed E-state index contributed by atoms with van der Waals surface area (Å²) in [4.78, 5) is 23.0. The molecule has 4 heteroatoms. The van der Waals surface area contributed by atoms with Gasteiger partial charge in [0.1, 0.15) is 0 Å². The third kappa shape index (κ3) is 6.32. The Labute approximate surface area is 171 Å². The minimum atomic E-state index is -0.928. The number of carbonyl (C=O) groups is 2. The van der Waals surface area contributed by atoms with Crippen molar-refractivity contribution in [2.24, 2.45) is 0 Å². The summed E-state index contributed by atoms with van der Waals surface area (Å²) >= 11 is 0. The zero-order valence-corrected chi connectivity index (χ0v) is 16.3. The van der Waals surface area contributed by atoms with Crippen LogP contribution in [-0.4, -0.2) is 17.0 Å². The quantitative estimate of drug-likeness (QED) is 0.503. The van der Waals surface area contributed by atoms with Crippen molar-refractivity contribution in [1.82, 2.24) is 5.32 Å². The van der Waals surface area contributed by atoms with Gasteiger partial charge in [-0.05, 0) is 53.6 Å². The van der Waals surface area contributed by atoms with Gasteiger partial charge in [-0.1, -0.05) is 66.7 Å². The SMILES string of the molecule is O=C(CCCCc1ccccc1)NCc1ccc(-c2ccc(C(=O)O)cc2)cc1. The molecule has 3 rings (SSSR count). The van der Waals surface area contributed by atoms with Crippen LogP contribution in [0.25, 0.3) is 11.1 Å². The highest BCUT2D eigenvalue weighted by molar-refractivity contribution is 5.88. The second kappa shape index (κ2) is 10.2. The molecule has 0 spiro atoms. The van der Waals surface area contributed by atoms with Crippen molar-refractivity contribution in [1.29, 1.82) is 0 Å². The fraction of sp³-hybridized carbons (Fsp3) is 0.200. The van der Waals surface area contributed by atoms with Gasteiger partial charge in [-0.2, -0.15) is 0 Å². The highest BCUT2D eigenvalue weighted by Crippen LogP contribution is 2.20. The molecule has 2 N–H and O–H groups in total. The van der Waals surface area contributed by atoms with Crippen molar-refractivity contribution in [3.05, 3.63) is 95.6 Å². The van der Waals surface area contributed by atoms with E-state index in [0.717, 1.165) is 36.0 Å². The van der Waals surface area contributed by atoms with Crippen LogP contribution in [0, 0.1) is 0 Å². The molecule has 0 bridgehead atoms. The number of nitrogens with one attached hydrogen (secondary N) is 1. The molecule has 0 saturated heterocycles. The van der Waals surface area contributed by atoms with Crippen molar-refractivity contribution in [3.63, 3.8) is 0 Å². The van der Waals surface area contributed by atoms with E-state index >= 15 is 0 Å². The Kier molecular flexibility index (Phi) is 7.17. The molecule has 0 saturated carbocycles. The van der Waals surface area contributed by atoms with Crippen LogP contribution in [0.3, 0.4) is 0 Å². The van der Waals surface area contributed by atoms with Crippen molar-refractivity contribution in [2.75, 3.05) is 0 Å². The number of hydrogen-bond donors (Lipinski definition) is 2. The lowest BCUT2D eigenvalue weighted by Crippen LogP contribution is -2.22. The number of amides is 1. The standard InChI is InChI=1S/C25H25NO3/c27-24(9-5-4-8-19-6-2-1-3-7-19)26-18-20-10-12-21(13-11-20)22-14-16-23(17-15-22)25(28)29/h1-3,6-7,10-17H,4-5,8-9,18H2,(H,26,27)(H,28,29). The predicted molar refractivity (Wildman–Crippen MR) is 115 cm³/mol. The summed E-state index contributed by atoms with van der Waals surface area (Å²) in [7, 11) is 0. The van der Waals surface area contributed by atoms with Crippen molar-refractivity contribution in [3.8, 4) is 11.1 Å². The van der Waals surface area contributed by atoms with E-state index in [1.807, 2.05) is 42.5 Å². The van der Waals surface area contributed by atoms with Crippen LogP contribution in [0.5, 0.6) is 0 Å². The molecule has 0 unspecified atom stereocenters. The number of aryl methyl sites for hydroxylation is 1. The Morgan fingerprint density at radius 2 is 1.34 bits per heavy atom. The van der Waals surface area contributed by atoms with Gasteiger partial charge in [-0.3, -0.25) is 4.79 Å². The molecular weight excluding hydrogens is 362 g/mol. The molecule has 0 fully saturated rings. The van der Waals surface area contributed by atoms with E-state index in [0.29, 0.717) is 13.0 Å². The fourth-order valence-corrected chi connectivity index (χ4v) is 3.17. The number of carboxylic acid groups (broad SMARTS) is 1. The molecule has 0 heterocycles. The van der Waals surface area contributed by atoms with Crippen molar-refractivity contribution < 1.29 is 14.7 Å². The molecule has 0 aliphatic rings. The minimum Gasteiger partial charge on any atom is -0.478 e. The van der Waals surface area contributed by atoms with Crippen molar-refractivity contribution in [2.45, 2.75) is 32.2 Å². The van der Waals surface area contributed by atoms with E-state index in [4.69, 9.17) is 5.11 Å². The summed E-state index contributed by atoms with van der Waals surface area (Å²) in [6.07, 6.45) is 3.43. The molecule has 0 aliphatic carbocycles. The molecule has 4 nitrogen and oxygen atoms in total. The highest BCUT2D eigenvalue weighted by Gasteiger charge is 2.05. The molecule has 29 heavy (non-hydrogen) atoms. The monoisotopic (exact) mass is 387 g/mol. The molecule has 1 amide bonds. The normalized spacial score (nSPS) is 10.5. The van der Waals surface area contributed by atoms with E-state index < -0.39 is 5.97 Å². The Morgan fingerprint density at radius 3 is 1.97 bits per heavy atom. The van der Waals surface area contributed by atoms with E-state index in [9.17, 15) is 9.59 Å². The maximum absolute atomic E-state index is 12.0. The smallest absolute Gasteiger partial charge is 0.335 e. The van der Waals surface area contributed by atoms with Gasteiger partial charge in [-0.15, -0.1) is 0 Å². The highest BCUT2D eigenvalue weighted by atomic mass is 16.4. The van der Waals surface area contributed by atoms with Gasteiger partial charge in [0, 0.05) is 13.0 Å². The zero-order valence-electron chi connectivity index (χ0n) is 16.3. The maximum Gasteiger partial charge on any atom is 0.335 e. The van der Waals surface area contributed by atoms with Gasteiger partial charge in [0.15, 0.2) is 0 Å². The molecule has 3 aromatic carbocycles. The van der Waals surface area contributed by atoms with Crippen LogP contribution in [0.1, 0.15) is 40.7 Å². The van der Waals surface area contributed by atoms with Gasteiger partial charge in [-0.25, -0.2) is 4.79 Å². The van der Waals surface area contributed by atoms with Gasteiger partial charge < -0.3 is 10.4 Å². The Morgan fingerprint density at radius 1 is 0.724 bits per heavy atom. The lowest BCUT2D eigenvalue weighted by molar-refractivity contribution is -0.121. The number of benzene rings is 3. The van der Waals surface area contributed by atoms with Crippen LogP contribution in [-0.2, 0) is 17.8 Å².